The molecule has 0 aliphatic carbocycles. The number of hydrogen-bond donors (Lipinski definition) is 1. The zero-order valence-electron chi connectivity index (χ0n) is 12.4. The molecule has 0 bridgehead atoms. The average Bonchev–Trinajstić information content (AvgIpc) is 2.90. The molecule has 0 spiro atoms. The van der Waals surface area contributed by atoms with Gasteiger partial charge in [0.15, 0.2) is 0 Å². The van der Waals surface area contributed by atoms with E-state index < -0.39 is 0 Å². The Hall–Kier alpha value is -1.06. The molecule has 3 heteroatoms. The van der Waals surface area contributed by atoms with Gasteiger partial charge in [-0.05, 0) is 69.5 Å². The number of ether oxygens (including phenoxy) is 1. The molecule has 1 aliphatic heterocycles. The smallest absolute Gasteiger partial charge is 0.122 e. The van der Waals surface area contributed by atoms with E-state index in [1.807, 2.05) is 0 Å². The molecule has 0 aromatic heterocycles. The highest BCUT2D eigenvalue weighted by atomic mass is 16.5. The Kier molecular flexibility index (Phi) is 4.83. The average molecular weight is 262 g/mol. The molecule has 1 atom stereocenters. The molecule has 1 fully saturated rings. The molecule has 1 aromatic carbocycles. The van der Waals surface area contributed by atoms with Gasteiger partial charge in [0.2, 0.25) is 0 Å². The van der Waals surface area contributed by atoms with Crippen LogP contribution in [0.15, 0.2) is 12.1 Å². The molecule has 3 nitrogen and oxygen atoms in total. The summed E-state index contributed by atoms with van der Waals surface area (Å²) in [5, 5.41) is 0. The maximum Gasteiger partial charge on any atom is 0.122 e. The van der Waals surface area contributed by atoms with E-state index in [-0.39, 0.29) is 0 Å². The molecule has 106 valence electrons. The van der Waals surface area contributed by atoms with E-state index in [1.165, 1.54) is 29.5 Å². The third kappa shape index (κ3) is 3.48. The molecule has 1 saturated heterocycles. The summed E-state index contributed by atoms with van der Waals surface area (Å²) in [5.74, 6) is 1.00. The van der Waals surface area contributed by atoms with Crippen molar-refractivity contribution in [3.05, 3.63) is 28.8 Å². The summed E-state index contributed by atoms with van der Waals surface area (Å²) in [4.78, 5) is 2.45. The van der Waals surface area contributed by atoms with Gasteiger partial charge in [-0.25, -0.2) is 0 Å². The maximum absolute atomic E-state index is 6.02. The summed E-state index contributed by atoms with van der Waals surface area (Å²) >= 11 is 0. The second-order valence-electron chi connectivity index (χ2n) is 5.65. The van der Waals surface area contributed by atoms with Gasteiger partial charge in [-0.1, -0.05) is 6.07 Å². The standard InChI is InChI=1S/C16H26N2O/c1-12-8-14(3)16(9-13(12)2)19-11-15(10-17)18-6-4-5-7-18/h8-9,15H,4-7,10-11,17H2,1-3H3. The fourth-order valence-electron chi connectivity index (χ4n) is 2.70. The van der Waals surface area contributed by atoms with Crippen LogP contribution in [0.5, 0.6) is 5.75 Å². The summed E-state index contributed by atoms with van der Waals surface area (Å²) in [5.41, 5.74) is 9.70. The number of aryl methyl sites for hydroxylation is 3. The minimum Gasteiger partial charge on any atom is -0.492 e. The Balaban J connectivity index is 1.98. The van der Waals surface area contributed by atoms with Crippen LogP contribution in [0.1, 0.15) is 29.5 Å². The highest BCUT2D eigenvalue weighted by molar-refractivity contribution is 5.40. The predicted octanol–water partition coefficient (Wildman–Crippen LogP) is 2.41. The van der Waals surface area contributed by atoms with E-state index in [9.17, 15) is 0 Å². The van der Waals surface area contributed by atoms with Gasteiger partial charge in [0.25, 0.3) is 0 Å². The van der Waals surface area contributed by atoms with Crippen molar-refractivity contribution in [1.82, 2.24) is 4.90 Å². The van der Waals surface area contributed by atoms with Gasteiger partial charge in [0.1, 0.15) is 12.4 Å². The first kappa shape index (κ1) is 14.4. The van der Waals surface area contributed by atoms with Gasteiger partial charge >= 0.3 is 0 Å². The van der Waals surface area contributed by atoms with Crippen LogP contribution >= 0.6 is 0 Å². The SMILES string of the molecule is Cc1cc(C)c(OCC(CN)N2CCCC2)cc1C. The van der Waals surface area contributed by atoms with Crippen molar-refractivity contribution in [2.75, 3.05) is 26.2 Å². The monoisotopic (exact) mass is 262 g/mol. The second-order valence-corrected chi connectivity index (χ2v) is 5.65. The third-order valence-electron chi connectivity index (χ3n) is 4.15. The van der Waals surface area contributed by atoms with Crippen molar-refractivity contribution in [2.45, 2.75) is 39.7 Å². The van der Waals surface area contributed by atoms with Gasteiger partial charge in [0, 0.05) is 6.54 Å². The summed E-state index contributed by atoms with van der Waals surface area (Å²) in [6.45, 7) is 10.1. The highest BCUT2D eigenvalue weighted by Gasteiger charge is 2.21. The highest BCUT2D eigenvalue weighted by Crippen LogP contribution is 2.23. The van der Waals surface area contributed by atoms with E-state index in [4.69, 9.17) is 10.5 Å². The molecule has 1 aliphatic rings. The van der Waals surface area contributed by atoms with Crippen LogP contribution in [0, 0.1) is 20.8 Å². The van der Waals surface area contributed by atoms with E-state index in [0.29, 0.717) is 19.2 Å². The molecule has 2 rings (SSSR count). The Morgan fingerprint density at radius 1 is 1.11 bits per heavy atom. The lowest BCUT2D eigenvalue weighted by Crippen LogP contribution is -2.42. The number of hydrogen-bond acceptors (Lipinski definition) is 3. The molecule has 19 heavy (non-hydrogen) atoms. The molecule has 0 amide bonds. The molecule has 1 heterocycles. The second kappa shape index (κ2) is 6.40. The fraction of sp³-hybridized carbons (Fsp3) is 0.625. The summed E-state index contributed by atoms with van der Waals surface area (Å²) < 4.78 is 6.02. The van der Waals surface area contributed by atoms with E-state index in [2.05, 4.69) is 37.8 Å². The van der Waals surface area contributed by atoms with Crippen molar-refractivity contribution in [1.29, 1.82) is 0 Å². The molecular formula is C16H26N2O. The van der Waals surface area contributed by atoms with Crippen LogP contribution in [0.2, 0.25) is 0 Å². The molecule has 1 aromatic rings. The lowest BCUT2D eigenvalue weighted by molar-refractivity contribution is 0.164. The van der Waals surface area contributed by atoms with Crippen molar-refractivity contribution < 1.29 is 4.74 Å². The zero-order valence-corrected chi connectivity index (χ0v) is 12.4. The number of likely N-dealkylation sites (tertiary alicyclic amines) is 1. The van der Waals surface area contributed by atoms with Crippen LogP contribution in [0.3, 0.4) is 0 Å². The third-order valence-corrected chi connectivity index (χ3v) is 4.15. The summed E-state index contributed by atoms with van der Waals surface area (Å²) in [6, 6.07) is 4.68. The first-order valence-corrected chi connectivity index (χ1v) is 7.26. The molecule has 1 unspecified atom stereocenters. The Labute approximate surface area is 116 Å². The van der Waals surface area contributed by atoms with Crippen LogP contribution in [-0.2, 0) is 0 Å². The normalized spacial score (nSPS) is 17.7. The lowest BCUT2D eigenvalue weighted by atomic mass is 10.1. The lowest BCUT2D eigenvalue weighted by Gasteiger charge is -2.26. The van der Waals surface area contributed by atoms with Crippen molar-refractivity contribution in [3.63, 3.8) is 0 Å². The maximum atomic E-state index is 6.02. The topological polar surface area (TPSA) is 38.5 Å². The van der Waals surface area contributed by atoms with Gasteiger partial charge in [-0.3, -0.25) is 4.90 Å². The predicted molar refractivity (Wildman–Crippen MR) is 79.8 cm³/mol. The zero-order chi connectivity index (χ0) is 13.8. The van der Waals surface area contributed by atoms with Crippen molar-refractivity contribution >= 4 is 0 Å². The number of nitrogens with two attached hydrogens (primary N) is 1. The minimum absolute atomic E-state index is 0.350. The van der Waals surface area contributed by atoms with Crippen LogP contribution < -0.4 is 10.5 Å². The van der Waals surface area contributed by atoms with Gasteiger partial charge in [-0.15, -0.1) is 0 Å². The van der Waals surface area contributed by atoms with Crippen LogP contribution in [0.4, 0.5) is 0 Å². The first-order chi connectivity index (χ1) is 9.11. The number of nitrogens with zero attached hydrogens (tertiary/aromatic N) is 1. The fourth-order valence-corrected chi connectivity index (χ4v) is 2.70. The van der Waals surface area contributed by atoms with E-state index in [1.54, 1.807) is 0 Å². The van der Waals surface area contributed by atoms with Gasteiger partial charge < -0.3 is 10.5 Å². The van der Waals surface area contributed by atoms with Gasteiger partial charge in [-0.2, -0.15) is 0 Å². The van der Waals surface area contributed by atoms with Crippen molar-refractivity contribution in [2.24, 2.45) is 5.73 Å². The van der Waals surface area contributed by atoms with Crippen molar-refractivity contribution in [3.8, 4) is 5.75 Å². The van der Waals surface area contributed by atoms with Crippen LogP contribution in [-0.4, -0.2) is 37.2 Å². The Morgan fingerprint density at radius 2 is 1.74 bits per heavy atom. The Bertz CT molecular complexity index is 425. The Morgan fingerprint density at radius 3 is 2.37 bits per heavy atom. The number of rotatable bonds is 5. The molecule has 2 N–H and O–H groups in total. The van der Waals surface area contributed by atoms with Gasteiger partial charge in [0.05, 0.1) is 6.04 Å². The largest absolute Gasteiger partial charge is 0.492 e. The minimum atomic E-state index is 0.350. The molecular weight excluding hydrogens is 236 g/mol. The summed E-state index contributed by atoms with van der Waals surface area (Å²) in [6.07, 6.45) is 2.58. The van der Waals surface area contributed by atoms with E-state index >= 15 is 0 Å². The summed E-state index contributed by atoms with van der Waals surface area (Å²) in [7, 11) is 0. The van der Waals surface area contributed by atoms with Crippen LogP contribution in [0.25, 0.3) is 0 Å². The number of benzene rings is 1. The molecule has 0 radical (unpaired) electrons. The molecule has 0 saturated carbocycles. The van der Waals surface area contributed by atoms with E-state index in [0.717, 1.165) is 18.8 Å². The first-order valence-electron chi connectivity index (χ1n) is 7.26. The quantitative estimate of drug-likeness (QED) is 0.885.